The highest BCUT2D eigenvalue weighted by Gasteiger charge is 2.15. The van der Waals surface area contributed by atoms with Crippen LogP contribution in [0.2, 0.25) is 5.02 Å². The molecule has 1 heterocycles. The van der Waals surface area contributed by atoms with Crippen molar-refractivity contribution in [3.8, 4) is 5.75 Å². The first-order chi connectivity index (χ1) is 14.4. The molecule has 0 aliphatic rings. The lowest BCUT2D eigenvalue weighted by Crippen LogP contribution is -2.26. The van der Waals surface area contributed by atoms with Crippen LogP contribution in [0, 0.1) is 5.92 Å². The molecule has 0 aliphatic carbocycles. The Morgan fingerprint density at radius 3 is 2.77 bits per heavy atom. The number of rotatable bonds is 8. The molecule has 0 aliphatic heterocycles. The standard InChI is InChI=1S/C22H24ClN3O3S/c1-4-29-19-8-6-5-7-18(19)24-20(27)13-30-22-25-17-10-9-15(23)11-16(17)21(28)26(22)12-14(2)3/h5-11,14H,4,12-13H2,1-3H3,(H,24,27). The van der Waals surface area contributed by atoms with Gasteiger partial charge in [0.15, 0.2) is 5.16 Å². The molecule has 2 aromatic carbocycles. The third kappa shape index (κ3) is 5.34. The van der Waals surface area contributed by atoms with Gasteiger partial charge < -0.3 is 10.1 Å². The number of aromatic nitrogens is 2. The van der Waals surface area contributed by atoms with Gasteiger partial charge in [0.25, 0.3) is 5.56 Å². The van der Waals surface area contributed by atoms with Crippen LogP contribution in [0.5, 0.6) is 5.75 Å². The Morgan fingerprint density at radius 1 is 1.27 bits per heavy atom. The molecule has 3 rings (SSSR count). The van der Waals surface area contributed by atoms with E-state index < -0.39 is 0 Å². The van der Waals surface area contributed by atoms with Crippen molar-refractivity contribution in [3.05, 3.63) is 57.8 Å². The molecule has 0 saturated carbocycles. The number of hydrogen-bond acceptors (Lipinski definition) is 5. The van der Waals surface area contributed by atoms with Gasteiger partial charge in [0.05, 0.1) is 29.0 Å². The van der Waals surface area contributed by atoms with Gasteiger partial charge in [-0.3, -0.25) is 14.2 Å². The number of ether oxygens (including phenoxy) is 1. The van der Waals surface area contributed by atoms with Crippen molar-refractivity contribution in [1.82, 2.24) is 9.55 Å². The summed E-state index contributed by atoms with van der Waals surface area (Å²) in [5, 5.41) is 4.34. The van der Waals surface area contributed by atoms with Crippen molar-refractivity contribution >= 4 is 45.9 Å². The van der Waals surface area contributed by atoms with E-state index in [1.165, 1.54) is 11.8 Å². The molecule has 0 spiro atoms. The van der Waals surface area contributed by atoms with Crippen molar-refractivity contribution < 1.29 is 9.53 Å². The second-order valence-electron chi connectivity index (χ2n) is 7.13. The second kappa shape index (κ2) is 10.00. The van der Waals surface area contributed by atoms with E-state index in [1.807, 2.05) is 39.0 Å². The lowest BCUT2D eigenvalue weighted by atomic mass is 10.2. The summed E-state index contributed by atoms with van der Waals surface area (Å²) < 4.78 is 7.17. The average molecular weight is 446 g/mol. The zero-order chi connectivity index (χ0) is 21.7. The van der Waals surface area contributed by atoms with Crippen molar-refractivity contribution in [2.45, 2.75) is 32.5 Å². The van der Waals surface area contributed by atoms with Gasteiger partial charge in [-0.1, -0.05) is 49.3 Å². The van der Waals surface area contributed by atoms with Crippen LogP contribution in [0.1, 0.15) is 20.8 Å². The maximum atomic E-state index is 13.0. The van der Waals surface area contributed by atoms with Gasteiger partial charge >= 0.3 is 0 Å². The van der Waals surface area contributed by atoms with Gasteiger partial charge in [0, 0.05) is 11.6 Å². The van der Waals surface area contributed by atoms with Gasteiger partial charge in [0.2, 0.25) is 5.91 Å². The Bertz CT molecular complexity index is 1110. The third-order valence-electron chi connectivity index (χ3n) is 4.22. The Labute approximate surface area is 184 Å². The van der Waals surface area contributed by atoms with E-state index in [-0.39, 0.29) is 23.1 Å². The molecule has 0 saturated heterocycles. The quantitative estimate of drug-likeness (QED) is 0.397. The third-order valence-corrected chi connectivity index (χ3v) is 5.43. The zero-order valence-corrected chi connectivity index (χ0v) is 18.7. The number of para-hydroxylation sites is 2. The number of nitrogens with one attached hydrogen (secondary N) is 1. The molecule has 1 aromatic heterocycles. The van der Waals surface area contributed by atoms with E-state index in [0.717, 1.165) is 0 Å². The first kappa shape index (κ1) is 22.2. The summed E-state index contributed by atoms with van der Waals surface area (Å²) >= 11 is 7.29. The Balaban J connectivity index is 1.83. The average Bonchev–Trinajstić information content (AvgIpc) is 2.71. The Morgan fingerprint density at radius 2 is 2.03 bits per heavy atom. The van der Waals surface area contributed by atoms with Crippen LogP contribution in [-0.2, 0) is 11.3 Å². The molecular weight excluding hydrogens is 422 g/mol. The van der Waals surface area contributed by atoms with E-state index in [0.29, 0.717) is 45.7 Å². The van der Waals surface area contributed by atoms with Crippen molar-refractivity contribution in [1.29, 1.82) is 0 Å². The molecule has 3 aromatic rings. The highest BCUT2D eigenvalue weighted by atomic mass is 35.5. The van der Waals surface area contributed by atoms with Crippen molar-refractivity contribution in [2.24, 2.45) is 5.92 Å². The molecule has 0 radical (unpaired) electrons. The van der Waals surface area contributed by atoms with E-state index in [2.05, 4.69) is 10.3 Å². The summed E-state index contributed by atoms with van der Waals surface area (Å²) in [5.41, 5.74) is 1.03. The minimum absolute atomic E-state index is 0.115. The normalized spacial score (nSPS) is 11.1. The van der Waals surface area contributed by atoms with Crippen LogP contribution in [-0.4, -0.2) is 27.8 Å². The number of hydrogen-bond donors (Lipinski definition) is 1. The smallest absolute Gasteiger partial charge is 0.262 e. The molecule has 6 nitrogen and oxygen atoms in total. The van der Waals surface area contributed by atoms with Gasteiger partial charge in [-0.05, 0) is 43.2 Å². The van der Waals surface area contributed by atoms with E-state index in [4.69, 9.17) is 16.3 Å². The number of fused-ring (bicyclic) bond motifs is 1. The number of carbonyl (C=O) groups excluding carboxylic acids is 1. The molecule has 1 amide bonds. The monoisotopic (exact) mass is 445 g/mol. The number of halogens is 1. The molecule has 0 unspecified atom stereocenters. The Kier molecular flexibility index (Phi) is 7.39. The lowest BCUT2D eigenvalue weighted by molar-refractivity contribution is -0.113. The van der Waals surface area contributed by atoms with E-state index in [9.17, 15) is 9.59 Å². The maximum absolute atomic E-state index is 13.0. The number of benzene rings is 2. The van der Waals surface area contributed by atoms with Crippen LogP contribution < -0.4 is 15.6 Å². The minimum atomic E-state index is -0.200. The minimum Gasteiger partial charge on any atom is -0.492 e. The molecule has 30 heavy (non-hydrogen) atoms. The van der Waals surface area contributed by atoms with Crippen LogP contribution in [0.3, 0.4) is 0 Å². The fourth-order valence-corrected chi connectivity index (χ4v) is 3.96. The molecule has 0 fully saturated rings. The van der Waals surface area contributed by atoms with Crippen molar-refractivity contribution in [3.63, 3.8) is 0 Å². The summed E-state index contributed by atoms with van der Waals surface area (Å²) in [7, 11) is 0. The molecule has 1 N–H and O–H groups in total. The lowest BCUT2D eigenvalue weighted by Gasteiger charge is -2.15. The zero-order valence-electron chi connectivity index (χ0n) is 17.1. The molecular formula is C22H24ClN3O3S. The number of amides is 1. The first-order valence-corrected chi connectivity index (χ1v) is 11.1. The van der Waals surface area contributed by atoms with Crippen LogP contribution >= 0.6 is 23.4 Å². The first-order valence-electron chi connectivity index (χ1n) is 9.73. The molecule has 0 bridgehead atoms. The summed E-state index contributed by atoms with van der Waals surface area (Å²) in [6.45, 7) is 6.96. The fourth-order valence-electron chi connectivity index (χ4n) is 2.98. The molecule has 8 heteroatoms. The predicted octanol–water partition coefficient (Wildman–Crippen LogP) is 4.84. The van der Waals surface area contributed by atoms with Crippen LogP contribution in [0.4, 0.5) is 5.69 Å². The van der Waals surface area contributed by atoms with Crippen LogP contribution in [0.15, 0.2) is 52.4 Å². The number of anilines is 1. The van der Waals surface area contributed by atoms with Gasteiger partial charge in [-0.25, -0.2) is 4.98 Å². The van der Waals surface area contributed by atoms with Crippen molar-refractivity contribution in [2.75, 3.05) is 17.7 Å². The van der Waals surface area contributed by atoms with Gasteiger partial charge in [0.1, 0.15) is 5.75 Å². The Hall–Kier alpha value is -2.51. The fraction of sp³-hybridized carbons (Fsp3) is 0.318. The van der Waals surface area contributed by atoms with Gasteiger partial charge in [-0.2, -0.15) is 0 Å². The molecule has 158 valence electrons. The maximum Gasteiger partial charge on any atom is 0.262 e. The number of carbonyl (C=O) groups is 1. The highest BCUT2D eigenvalue weighted by Crippen LogP contribution is 2.25. The summed E-state index contributed by atoms with van der Waals surface area (Å²) in [4.78, 5) is 30.2. The summed E-state index contributed by atoms with van der Waals surface area (Å²) in [5.74, 6) is 0.779. The number of thioether (sulfide) groups is 1. The predicted molar refractivity (Wildman–Crippen MR) is 123 cm³/mol. The number of nitrogens with zero attached hydrogens (tertiary/aromatic N) is 2. The molecule has 0 atom stereocenters. The summed E-state index contributed by atoms with van der Waals surface area (Å²) in [6, 6.07) is 12.3. The highest BCUT2D eigenvalue weighted by molar-refractivity contribution is 7.99. The van der Waals surface area contributed by atoms with E-state index >= 15 is 0 Å². The largest absolute Gasteiger partial charge is 0.492 e. The van der Waals surface area contributed by atoms with Gasteiger partial charge in [-0.15, -0.1) is 0 Å². The van der Waals surface area contributed by atoms with E-state index in [1.54, 1.807) is 28.8 Å². The SMILES string of the molecule is CCOc1ccccc1NC(=O)CSc1nc2ccc(Cl)cc2c(=O)n1CC(C)C. The second-order valence-corrected chi connectivity index (χ2v) is 8.51. The topological polar surface area (TPSA) is 73.2 Å². The summed E-state index contributed by atoms with van der Waals surface area (Å²) in [6.07, 6.45) is 0. The van der Waals surface area contributed by atoms with Crippen LogP contribution in [0.25, 0.3) is 10.9 Å².